The second-order valence-corrected chi connectivity index (χ2v) is 4.79. The summed E-state index contributed by atoms with van der Waals surface area (Å²) in [6, 6.07) is 7.59. The maximum absolute atomic E-state index is 10.1. The van der Waals surface area contributed by atoms with Gasteiger partial charge in [0.05, 0.1) is 13.2 Å². The van der Waals surface area contributed by atoms with Crippen molar-refractivity contribution in [3.05, 3.63) is 29.8 Å². The van der Waals surface area contributed by atoms with Crippen molar-refractivity contribution in [2.24, 2.45) is 5.92 Å². The Morgan fingerprint density at radius 3 is 2.83 bits per heavy atom. The van der Waals surface area contributed by atoms with Crippen molar-refractivity contribution in [3.63, 3.8) is 0 Å². The largest absolute Gasteiger partial charge is 0.493 e. The van der Waals surface area contributed by atoms with Gasteiger partial charge in [-0.15, -0.1) is 0 Å². The van der Waals surface area contributed by atoms with Crippen LogP contribution in [0.5, 0.6) is 5.75 Å². The fourth-order valence-corrected chi connectivity index (χ4v) is 1.98. The van der Waals surface area contributed by atoms with Gasteiger partial charge in [-0.2, -0.15) is 0 Å². The molecule has 0 bridgehead atoms. The van der Waals surface area contributed by atoms with Gasteiger partial charge in [0.1, 0.15) is 11.9 Å². The Morgan fingerprint density at radius 2 is 2.11 bits per heavy atom. The molecule has 1 fully saturated rings. The Kier molecular flexibility index (Phi) is 5.02. The monoisotopic (exact) mass is 250 g/mol. The second kappa shape index (κ2) is 6.76. The number of hydrogen-bond acceptors (Lipinski definition) is 3. The zero-order valence-electron chi connectivity index (χ0n) is 11.0. The summed E-state index contributed by atoms with van der Waals surface area (Å²) < 4.78 is 11.0. The van der Waals surface area contributed by atoms with Gasteiger partial charge in [-0.25, -0.2) is 0 Å². The van der Waals surface area contributed by atoms with Gasteiger partial charge in [-0.05, 0) is 25.3 Å². The van der Waals surface area contributed by atoms with E-state index in [1.54, 1.807) is 0 Å². The molecule has 1 N–H and O–H groups in total. The van der Waals surface area contributed by atoms with Crippen LogP contribution in [-0.4, -0.2) is 24.9 Å². The van der Waals surface area contributed by atoms with Gasteiger partial charge in [-0.1, -0.05) is 31.0 Å². The molecule has 1 aliphatic rings. The molecule has 1 saturated carbocycles. The average molecular weight is 250 g/mol. The first-order valence-electron chi connectivity index (χ1n) is 6.78. The van der Waals surface area contributed by atoms with Crippen LogP contribution in [0.15, 0.2) is 24.3 Å². The zero-order valence-corrected chi connectivity index (χ0v) is 11.0. The van der Waals surface area contributed by atoms with Gasteiger partial charge in [0.15, 0.2) is 0 Å². The standard InChI is InChI=1S/C15H22O3/c1-2-18-15-6-4-3-5-13(15)14(16)11-17-10-9-12-7-8-12/h3-6,12,14,16H,2,7-11H2,1H3. The first-order chi connectivity index (χ1) is 8.81. The summed E-state index contributed by atoms with van der Waals surface area (Å²) in [5, 5.41) is 10.1. The van der Waals surface area contributed by atoms with E-state index in [0.717, 1.165) is 30.3 Å². The van der Waals surface area contributed by atoms with E-state index in [-0.39, 0.29) is 0 Å². The molecular formula is C15H22O3. The van der Waals surface area contributed by atoms with Gasteiger partial charge in [0.25, 0.3) is 0 Å². The summed E-state index contributed by atoms with van der Waals surface area (Å²) in [7, 11) is 0. The average Bonchev–Trinajstić information content (AvgIpc) is 3.19. The third-order valence-corrected chi connectivity index (χ3v) is 3.22. The molecule has 3 nitrogen and oxygen atoms in total. The summed E-state index contributed by atoms with van der Waals surface area (Å²) >= 11 is 0. The lowest BCUT2D eigenvalue weighted by molar-refractivity contribution is 0.0323. The van der Waals surface area contributed by atoms with Crippen molar-refractivity contribution in [3.8, 4) is 5.75 Å². The Balaban J connectivity index is 1.80. The minimum atomic E-state index is -0.605. The minimum absolute atomic E-state index is 0.344. The van der Waals surface area contributed by atoms with Gasteiger partial charge in [-0.3, -0.25) is 0 Å². The Morgan fingerprint density at radius 1 is 1.33 bits per heavy atom. The molecule has 0 aromatic heterocycles. The smallest absolute Gasteiger partial charge is 0.125 e. The number of aliphatic hydroxyl groups is 1. The zero-order chi connectivity index (χ0) is 12.8. The third kappa shape index (κ3) is 4.00. The highest BCUT2D eigenvalue weighted by Crippen LogP contribution is 2.32. The highest BCUT2D eigenvalue weighted by atomic mass is 16.5. The van der Waals surface area contributed by atoms with E-state index in [1.165, 1.54) is 12.8 Å². The Hall–Kier alpha value is -1.06. The van der Waals surface area contributed by atoms with Crippen LogP contribution in [-0.2, 0) is 4.74 Å². The predicted molar refractivity (Wildman–Crippen MR) is 70.7 cm³/mol. The van der Waals surface area contributed by atoms with E-state index in [2.05, 4.69) is 0 Å². The fraction of sp³-hybridized carbons (Fsp3) is 0.600. The maximum atomic E-state index is 10.1. The molecule has 0 spiro atoms. The van der Waals surface area contributed by atoms with Gasteiger partial charge in [0, 0.05) is 12.2 Å². The highest BCUT2D eigenvalue weighted by molar-refractivity contribution is 5.35. The van der Waals surface area contributed by atoms with Crippen LogP contribution in [0.3, 0.4) is 0 Å². The normalized spacial score (nSPS) is 16.6. The molecule has 18 heavy (non-hydrogen) atoms. The van der Waals surface area contributed by atoms with Crippen LogP contribution in [0.4, 0.5) is 0 Å². The second-order valence-electron chi connectivity index (χ2n) is 4.79. The summed E-state index contributed by atoms with van der Waals surface area (Å²) in [5.74, 6) is 1.62. The van der Waals surface area contributed by atoms with Gasteiger partial charge in [0.2, 0.25) is 0 Å². The van der Waals surface area contributed by atoms with E-state index >= 15 is 0 Å². The molecule has 0 radical (unpaired) electrons. The summed E-state index contributed by atoms with van der Waals surface area (Å²) in [4.78, 5) is 0. The molecule has 1 aliphatic carbocycles. The number of ether oxygens (including phenoxy) is 2. The maximum Gasteiger partial charge on any atom is 0.125 e. The Labute approximate surface area is 109 Å². The quantitative estimate of drug-likeness (QED) is 0.721. The lowest BCUT2D eigenvalue weighted by atomic mass is 10.1. The molecule has 0 amide bonds. The van der Waals surface area contributed by atoms with Gasteiger partial charge < -0.3 is 14.6 Å². The molecule has 1 aromatic rings. The van der Waals surface area contributed by atoms with Crippen molar-refractivity contribution in [1.82, 2.24) is 0 Å². The number of para-hydroxylation sites is 1. The van der Waals surface area contributed by atoms with Crippen molar-refractivity contribution >= 4 is 0 Å². The molecule has 2 rings (SSSR count). The SMILES string of the molecule is CCOc1ccccc1C(O)COCCC1CC1. The first-order valence-corrected chi connectivity index (χ1v) is 6.78. The van der Waals surface area contributed by atoms with E-state index < -0.39 is 6.10 Å². The van der Waals surface area contributed by atoms with Crippen LogP contribution in [0.25, 0.3) is 0 Å². The summed E-state index contributed by atoms with van der Waals surface area (Å²) in [6.07, 6.45) is 3.21. The molecule has 100 valence electrons. The fourth-order valence-electron chi connectivity index (χ4n) is 1.98. The molecule has 1 atom stereocenters. The van der Waals surface area contributed by atoms with Crippen molar-refractivity contribution in [2.75, 3.05) is 19.8 Å². The van der Waals surface area contributed by atoms with E-state index in [1.807, 2.05) is 31.2 Å². The molecule has 3 heteroatoms. The van der Waals surface area contributed by atoms with Crippen LogP contribution in [0.1, 0.15) is 37.9 Å². The lowest BCUT2D eigenvalue weighted by Gasteiger charge is -2.15. The topological polar surface area (TPSA) is 38.7 Å². The van der Waals surface area contributed by atoms with E-state index in [9.17, 15) is 5.11 Å². The van der Waals surface area contributed by atoms with Crippen molar-refractivity contribution in [1.29, 1.82) is 0 Å². The Bertz CT molecular complexity index is 361. The van der Waals surface area contributed by atoms with Crippen LogP contribution in [0.2, 0.25) is 0 Å². The third-order valence-electron chi connectivity index (χ3n) is 3.22. The molecule has 1 aromatic carbocycles. The van der Waals surface area contributed by atoms with E-state index in [4.69, 9.17) is 9.47 Å². The molecular weight excluding hydrogens is 228 g/mol. The lowest BCUT2D eigenvalue weighted by Crippen LogP contribution is -2.10. The molecule has 1 unspecified atom stereocenters. The predicted octanol–water partition coefficient (Wildman–Crippen LogP) is 2.94. The minimum Gasteiger partial charge on any atom is -0.493 e. The van der Waals surface area contributed by atoms with E-state index in [0.29, 0.717) is 13.2 Å². The van der Waals surface area contributed by atoms with Crippen molar-refractivity contribution < 1.29 is 14.6 Å². The first kappa shape index (κ1) is 13.4. The number of rotatable bonds is 8. The molecule has 0 heterocycles. The molecule has 0 saturated heterocycles. The van der Waals surface area contributed by atoms with Crippen molar-refractivity contribution in [2.45, 2.75) is 32.3 Å². The molecule has 0 aliphatic heterocycles. The van der Waals surface area contributed by atoms with Crippen LogP contribution in [0, 0.1) is 5.92 Å². The van der Waals surface area contributed by atoms with Gasteiger partial charge >= 0.3 is 0 Å². The van der Waals surface area contributed by atoms with Crippen LogP contribution >= 0.6 is 0 Å². The highest BCUT2D eigenvalue weighted by Gasteiger charge is 2.21. The van der Waals surface area contributed by atoms with Crippen LogP contribution < -0.4 is 4.74 Å². The number of benzene rings is 1. The number of hydrogen-bond donors (Lipinski definition) is 1. The number of aliphatic hydroxyl groups excluding tert-OH is 1. The summed E-state index contributed by atoms with van der Waals surface area (Å²) in [5.41, 5.74) is 0.811. The summed E-state index contributed by atoms with van der Waals surface area (Å²) in [6.45, 7) is 3.64.